The molecule has 6 nitrogen and oxygen atoms in total. The lowest BCUT2D eigenvalue weighted by molar-refractivity contribution is 0.0984. The summed E-state index contributed by atoms with van der Waals surface area (Å²) < 4.78 is 38.7. The van der Waals surface area contributed by atoms with Crippen molar-refractivity contribution in [2.45, 2.75) is 6.54 Å². The normalized spacial score (nSPS) is 10.8. The van der Waals surface area contributed by atoms with Gasteiger partial charge in [-0.1, -0.05) is 17.4 Å². The fraction of sp³-hybridized carbons (Fsp3) is 0.136. The van der Waals surface area contributed by atoms with Crippen molar-refractivity contribution in [1.82, 2.24) is 9.97 Å². The van der Waals surface area contributed by atoms with Gasteiger partial charge in [-0.3, -0.25) is 14.7 Å². The van der Waals surface area contributed by atoms with Gasteiger partial charge in [-0.2, -0.15) is 0 Å². The van der Waals surface area contributed by atoms with Gasteiger partial charge < -0.3 is 9.47 Å². The highest BCUT2D eigenvalue weighted by Gasteiger charge is 2.25. The van der Waals surface area contributed by atoms with E-state index in [4.69, 9.17) is 9.47 Å². The highest BCUT2D eigenvalue weighted by Crippen LogP contribution is 2.40. The molecular formula is C22H17F2N3O3S. The molecule has 158 valence electrons. The van der Waals surface area contributed by atoms with Crippen molar-refractivity contribution in [3.63, 3.8) is 0 Å². The first-order valence-corrected chi connectivity index (χ1v) is 10.0. The molecule has 0 atom stereocenters. The molecule has 0 aliphatic rings. The second-order valence-electron chi connectivity index (χ2n) is 6.53. The zero-order chi connectivity index (χ0) is 22.0. The molecule has 2 aromatic carbocycles. The molecule has 4 aromatic rings. The van der Waals surface area contributed by atoms with Crippen molar-refractivity contribution in [1.29, 1.82) is 0 Å². The van der Waals surface area contributed by atoms with Gasteiger partial charge in [0.15, 0.2) is 16.8 Å². The predicted molar refractivity (Wildman–Crippen MR) is 114 cm³/mol. The second kappa shape index (κ2) is 8.65. The monoisotopic (exact) mass is 441 g/mol. The summed E-state index contributed by atoms with van der Waals surface area (Å²) in [5, 5.41) is 0.358. The molecule has 0 N–H and O–H groups in total. The number of benzene rings is 2. The zero-order valence-electron chi connectivity index (χ0n) is 16.6. The number of aromatic nitrogens is 2. The van der Waals surface area contributed by atoms with Crippen molar-refractivity contribution < 1.29 is 23.0 Å². The molecule has 1 amide bonds. The first-order chi connectivity index (χ1) is 15.0. The fourth-order valence-corrected chi connectivity index (χ4v) is 4.15. The smallest absolute Gasteiger partial charge is 0.260 e. The van der Waals surface area contributed by atoms with Crippen LogP contribution >= 0.6 is 11.3 Å². The number of halogens is 2. The number of nitrogens with zero attached hydrogens (tertiary/aromatic N) is 3. The molecule has 9 heteroatoms. The molecule has 2 heterocycles. The Kier molecular flexibility index (Phi) is 5.77. The summed E-state index contributed by atoms with van der Waals surface area (Å²) in [5.41, 5.74) is 1.29. The number of rotatable bonds is 6. The SMILES string of the molecule is COc1ccc(OC)c2sc(N(Cc3cccnc3)C(=O)c3ccc(F)c(F)c3)nc12. The third-order valence-electron chi connectivity index (χ3n) is 4.61. The molecule has 0 fully saturated rings. The van der Waals surface area contributed by atoms with Gasteiger partial charge in [0.05, 0.1) is 20.8 Å². The Hall–Kier alpha value is -3.59. The Bertz CT molecular complexity index is 1210. The summed E-state index contributed by atoms with van der Waals surface area (Å²) in [7, 11) is 3.07. The van der Waals surface area contributed by atoms with Crippen LogP contribution in [0.2, 0.25) is 0 Å². The molecule has 0 saturated carbocycles. The van der Waals surface area contributed by atoms with E-state index in [2.05, 4.69) is 9.97 Å². The van der Waals surface area contributed by atoms with Gasteiger partial charge >= 0.3 is 0 Å². The summed E-state index contributed by atoms with van der Waals surface area (Å²) in [6.45, 7) is 0.135. The number of pyridine rings is 1. The minimum absolute atomic E-state index is 0.000904. The van der Waals surface area contributed by atoms with Crippen molar-refractivity contribution in [2.24, 2.45) is 0 Å². The van der Waals surface area contributed by atoms with Crippen LogP contribution in [0, 0.1) is 11.6 Å². The van der Waals surface area contributed by atoms with E-state index in [-0.39, 0.29) is 12.1 Å². The van der Waals surface area contributed by atoms with Crippen molar-refractivity contribution in [3.05, 3.63) is 77.6 Å². The van der Waals surface area contributed by atoms with Crippen molar-refractivity contribution in [3.8, 4) is 11.5 Å². The number of amides is 1. The zero-order valence-corrected chi connectivity index (χ0v) is 17.5. The molecule has 2 aromatic heterocycles. The molecule has 0 unspecified atom stereocenters. The lowest BCUT2D eigenvalue weighted by Gasteiger charge is -2.20. The van der Waals surface area contributed by atoms with E-state index in [1.165, 1.54) is 29.4 Å². The van der Waals surface area contributed by atoms with Gasteiger partial charge in [0.25, 0.3) is 5.91 Å². The largest absolute Gasteiger partial charge is 0.495 e. The van der Waals surface area contributed by atoms with Gasteiger partial charge in [-0.15, -0.1) is 0 Å². The van der Waals surface area contributed by atoms with Crippen molar-refractivity contribution >= 4 is 32.6 Å². The number of methoxy groups -OCH3 is 2. The number of thiazole rings is 1. The van der Waals surface area contributed by atoms with E-state index < -0.39 is 17.5 Å². The van der Waals surface area contributed by atoms with Crippen LogP contribution in [0.3, 0.4) is 0 Å². The number of fused-ring (bicyclic) bond motifs is 1. The van der Waals surface area contributed by atoms with Crippen LogP contribution in [0.15, 0.2) is 54.9 Å². The van der Waals surface area contributed by atoms with Crippen LogP contribution in [0.25, 0.3) is 10.2 Å². The first-order valence-electron chi connectivity index (χ1n) is 9.19. The molecule has 0 saturated heterocycles. The number of ether oxygens (including phenoxy) is 2. The van der Waals surface area contributed by atoms with Gasteiger partial charge in [0.1, 0.15) is 21.7 Å². The maximum absolute atomic E-state index is 13.8. The molecule has 0 bridgehead atoms. The molecule has 0 aliphatic carbocycles. The average Bonchev–Trinajstić information content (AvgIpc) is 3.24. The Morgan fingerprint density at radius 3 is 2.52 bits per heavy atom. The highest BCUT2D eigenvalue weighted by atomic mass is 32.1. The Morgan fingerprint density at radius 1 is 1.06 bits per heavy atom. The Morgan fingerprint density at radius 2 is 1.84 bits per heavy atom. The lowest BCUT2D eigenvalue weighted by Crippen LogP contribution is -2.30. The maximum atomic E-state index is 13.8. The van der Waals surface area contributed by atoms with Gasteiger partial charge in [-0.25, -0.2) is 13.8 Å². The summed E-state index contributed by atoms with van der Waals surface area (Å²) in [4.78, 5) is 23.4. The molecular weight excluding hydrogens is 424 g/mol. The topological polar surface area (TPSA) is 64.6 Å². The predicted octanol–water partition coefficient (Wildman–Crippen LogP) is 4.83. The number of hydrogen-bond donors (Lipinski definition) is 0. The van der Waals surface area contributed by atoms with Crippen LogP contribution in [-0.2, 0) is 6.54 Å². The molecule has 0 aliphatic heterocycles. The molecule has 4 rings (SSSR count). The third-order valence-corrected chi connectivity index (χ3v) is 5.70. The van der Waals surface area contributed by atoms with Crippen LogP contribution in [0.4, 0.5) is 13.9 Å². The van der Waals surface area contributed by atoms with Gasteiger partial charge in [-0.05, 0) is 42.0 Å². The standard InChI is InChI=1S/C22H17F2N3O3S/c1-29-17-7-8-18(30-2)20-19(17)26-22(31-20)27(12-13-4-3-9-25-11-13)21(28)14-5-6-15(23)16(24)10-14/h3-11H,12H2,1-2H3. The van der Waals surface area contributed by atoms with Crippen LogP contribution in [0.1, 0.15) is 15.9 Å². The summed E-state index contributed by atoms with van der Waals surface area (Å²) >= 11 is 1.24. The van der Waals surface area contributed by atoms with Crippen LogP contribution < -0.4 is 14.4 Å². The molecule has 0 spiro atoms. The number of carbonyl (C=O) groups is 1. The van der Waals surface area contributed by atoms with Crippen molar-refractivity contribution in [2.75, 3.05) is 19.1 Å². The summed E-state index contributed by atoms with van der Waals surface area (Å²) in [6, 6.07) is 10.1. The first kappa shape index (κ1) is 20.7. The van der Waals surface area contributed by atoms with E-state index in [1.54, 1.807) is 37.7 Å². The van der Waals surface area contributed by atoms with E-state index >= 15 is 0 Å². The van der Waals surface area contributed by atoms with E-state index in [9.17, 15) is 13.6 Å². The Labute approximate surface area is 180 Å². The quantitative estimate of drug-likeness (QED) is 0.429. The Balaban J connectivity index is 1.84. The van der Waals surface area contributed by atoms with E-state index in [0.29, 0.717) is 26.8 Å². The number of anilines is 1. The van der Waals surface area contributed by atoms with Crippen LogP contribution in [0.5, 0.6) is 11.5 Å². The third kappa shape index (κ3) is 4.04. The minimum atomic E-state index is -1.10. The highest BCUT2D eigenvalue weighted by molar-refractivity contribution is 7.22. The average molecular weight is 441 g/mol. The maximum Gasteiger partial charge on any atom is 0.260 e. The fourth-order valence-electron chi connectivity index (χ4n) is 3.08. The van der Waals surface area contributed by atoms with E-state index in [0.717, 1.165) is 17.7 Å². The van der Waals surface area contributed by atoms with Crippen LogP contribution in [-0.4, -0.2) is 30.1 Å². The lowest BCUT2D eigenvalue weighted by atomic mass is 10.1. The van der Waals surface area contributed by atoms with Gasteiger partial charge in [0.2, 0.25) is 0 Å². The number of hydrogen-bond acceptors (Lipinski definition) is 6. The number of carbonyl (C=O) groups excluding carboxylic acids is 1. The second-order valence-corrected chi connectivity index (χ2v) is 7.50. The summed E-state index contributed by atoms with van der Waals surface area (Å²) in [6.07, 6.45) is 3.25. The van der Waals surface area contributed by atoms with Gasteiger partial charge in [0, 0.05) is 18.0 Å². The molecule has 31 heavy (non-hydrogen) atoms. The molecule has 0 radical (unpaired) electrons. The minimum Gasteiger partial charge on any atom is -0.495 e. The summed E-state index contributed by atoms with van der Waals surface area (Å²) in [5.74, 6) is -1.54. The van der Waals surface area contributed by atoms with E-state index in [1.807, 2.05) is 6.07 Å².